The number of rotatable bonds is 4. The lowest BCUT2D eigenvalue weighted by atomic mass is 9.98. The van der Waals surface area contributed by atoms with E-state index in [1.807, 2.05) is 6.92 Å². The normalized spacial score (nSPS) is 24.9. The van der Waals surface area contributed by atoms with E-state index >= 15 is 0 Å². The molecule has 0 aromatic rings. The minimum Gasteiger partial charge on any atom is -0.469 e. The number of methoxy groups -OCH3 is 1. The second-order valence-corrected chi connectivity index (χ2v) is 4.37. The van der Waals surface area contributed by atoms with Gasteiger partial charge in [-0.05, 0) is 25.3 Å². The van der Waals surface area contributed by atoms with Gasteiger partial charge in [-0.3, -0.25) is 4.79 Å². The number of aliphatic hydroxyl groups excluding tert-OH is 1. The molecular formula is C11H21NO3. The standard InChI is InChI=1S/C11H21NO3/c1-9(11(14)15-2)6-12-5-3-4-10(7-12)8-13/h9-10,13H,3-8H2,1-2H3. The number of hydrogen-bond donors (Lipinski definition) is 1. The van der Waals surface area contributed by atoms with Crippen LogP contribution < -0.4 is 0 Å². The predicted octanol–water partition coefficient (Wildman–Crippen LogP) is 0.500. The summed E-state index contributed by atoms with van der Waals surface area (Å²) in [7, 11) is 1.42. The van der Waals surface area contributed by atoms with Gasteiger partial charge in [0, 0.05) is 19.7 Å². The topological polar surface area (TPSA) is 49.8 Å². The minimum atomic E-state index is -0.152. The summed E-state index contributed by atoms with van der Waals surface area (Å²) in [6.07, 6.45) is 2.21. The minimum absolute atomic E-state index is 0.0764. The Morgan fingerprint density at radius 2 is 2.40 bits per heavy atom. The lowest BCUT2D eigenvalue weighted by molar-refractivity contribution is -0.145. The van der Waals surface area contributed by atoms with Crippen molar-refractivity contribution in [1.29, 1.82) is 0 Å². The molecule has 0 amide bonds. The molecule has 4 nitrogen and oxygen atoms in total. The van der Waals surface area contributed by atoms with E-state index in [0.717, 1.165) is 32.5 Å². The van der Waals surface area contributed by atoms with E-state index in [-0.39, 0.29) is 18.5 Å². The Labute approximate surface area is 91.2 Å². The Bertz CT molecular complexity index is 208. The van der Waals surface area contributed by atoms with Gasteiger partial charge in [-0.1, -0.05) is 6.92 Å². The highest BCUT2D eigenvalue weighted by Gasteiger charge is 2.23. The van der Waals surface area contributed by atoms with Gasteiger partial charge in [0.2, 0.25) is 0 Å². The van der Waals surface area contributed by atoms with E-state index in [0.29, 0.717) is 5.92 Å². The fourth-order valence-electron chi connectivity index (χ4n) is 2.13. The van der Waals surface area contributed by atoms with Gasteiger partial charge in [0.1, 0.15) is 0 Å². The second-order valence-electron chi connectivity index (χ2n) is 4.37. The molecule has 0 saturated carbocycles. The highest BCUT2D eigenvalue weighted by atomic mass is 16.5. The Balaban J connectivity index is 2.34. The van der Waals surface area contributed by atoms with Gasteiger partial charge < -0.3 is 14.7 Å². The van der Waals surface area contributed by atoms with Crippen molar-refractivity contribution in [3.8, 4) is 0 Å². The lowest BCUT2D eigenvalue weighted by Crippen LogP contribution is -2.40. The molecule has 2 atom stereocenters. The summed E-state index contributed by atoms with van der Waals surface area (Å²) in [5, 5.41) is 9.08. The van der Waals surface area contributed by atoms with E-state index in [1.54, 1.807) is 0 Å². The molecule has 0 radical (unpaired) electrons. The Morgan fingerprint density at radius 1 is 1.67 bits per heavy atom. The summed E-state index contributed by atoms with van der Waals surface area (Å²) in [6, 6.07) is 0. The predicted molar refractivity (Wildman–Crippen MR) is 57.4 cm³/mol. The summed E-state index contributed by atoms with van der Waals surface area (Å²) < 4.78 is 4.69. The second kappa shape index (κ2) is 6.08. The third kappa shape index (κ3) is 3.80. The first-order chi connectivity index (χ1) is 7.17. The first-order valence-electron chi connectivity index (χ1n) is 5.58. The number of carbonyl (C=O) groups excluding carboxylic acids is 1. The maximum absolute atomic E-state index is 11.2. The van der Waals surface area contributed by atoms with Gasteiger partial charge in [0.25, 0.3) is 0 Å². The third-order valence-electron chi connectivity index (χ3n) is 3.00. The zero-order valence-corrected chi connectivity index (χ0v) is 9.61. The smallest absolute Gasteiger partial charge is 0.309 e. The Morgan fingerprint density at radius 3 is 3.00 bits per heavy atom. The molecule has 0 aromatic heterocycles. The molecular weight excluding hydrogens is 194 g/mol. The van der Waals surface area contributed by atoms with Crippen molar-refractivity contribution >= 4 is 5.97 Å². The van der Waals surface area contributed by atoms with Gasteiger partial charge in [-0.2, -0.15) is 0 Å². The maximum Gasteiger partial charge on any atom is 0.309 e. The van der Waals surface area contributed by atoms with Crippen LogP contribution in [0.1, 0.15) is 19.8 Å². The molecule has 0 bridgehead atoms. The quantitative estimate of drug-likeness (QED) is 0.694. The summed E-state index contributed by atoms with van der Waals surface area (Å²) in [4.78, 5) is 13.5. The first kappa shape index (κ1) is 12.5. The van der Waals surface area contributed by atoms with E-state index in [1.165, 1.54) is 7.11 Å². The molecule has 1 saturated heterocycles. The van der Waals surface area contributed by atoms with Crippen LogP contribution in [-0.2, 0) is 9.53 Å². The molecule has 15 heavy (non-hydrogen) atoms. The molecule has 4 heteroatoms. The number of hydrogen-bond acceptors (Lipinski definition) is 4. The molecule has 0 aliphatic carbocycles. The summed E-state index contributed by atoms with van der Waals surface area (Å²) in [6.45, 7) is 4.80. The molecule has 0 aromatic carbocycles. The summed E-state index contributed by atoms with van der Waals surface area (Å²) in [5.74, 6) is 0.150. The molecule has 1 aliphatic rings. The van der Waals surface area contributed by atoms with Crippen molar-refractivity contribution < 1.29 is 14.6 Å². The van der Waals surface area contributed by atoms with E-state index < -0.39 is 0 Å². The molecule has 1 rings (SSSR count). The van der Waals surface area contributed by atoms with E-state index in [2.05, 4.69) is 4.90 Å². The SMILES string of the molecule is COC(=O)C(C)CN1CCCC(CO)C1. The van der Waals surface area contributed by atoms with Crippen LogP contribution >= 0.6 is 0 Å². The monoisotopic (exact) mass is 215 g/mol. The number of likely N-dealkylation sites (tertiary alicyclic amines) is 1. The summed E-state index contributed by atoms with van der Waals surface area (Å²) >= 11 is 0. The van der Waals surface area contributed by atoms with Crippen LogP contribution in [0.2, 0.25) is 0 Å². The van der Waals surface area contributed by atoms with Crippen molar-refractivity contribution in [1.82, 2.24) is 4.90 Å². The van der Waals surface area contributed by atoms with Gasteiger partial charge >= 0.3 is 5.97 Å². The van der Waals surface area contributed by atoms with Crippen molar-refractivity contribution in [3.05, 3.63) is 0 Å². The van der Waals surface area contributed by atoms with Crippen molar-refractivity contribution in [2.24, 2.45) is 11.8 Å². The van der Waals surface area contributed by atoms with Gasteiger partial charge in [0.05, 0.1) is 13.0 Å². The highest BCUT2D eigenvalue weighted by molar-refractivity contribution is 5.72. The molecule has 1 heterocycles. The largest absolute Gasteiger partial charge is 0.469 e. The van der Waals surface area contributed by atoms with Gasteiger partial charge in [-0.15, -0.1) is 0 Å². The maximum atomic E-state index is 11.2. The van der Waals surface area contributed by atoms with Crippen molar-refractivity contribution in [2.45, 2.75) is 19.8 Å². The molecule has 88 valence electrons. The van der Waals surface area contributed by atoms with Gasteiger partial charge in [-0.25, -0.2) is 0 Å². The zero-order chi connectivity index (χ0) is 11.3. The van der Waals surface area contributed by atoms with Gasteiger partial charge in [0.15, 0.2) is 0 Å². The number of piperidine rings is 1. The van der Waals surface area contributed by atoms with Crippen LogP contribution in [0.4, 0.5) is 0 Å². The van der Waals surface area contributed by atoms with Crippen LogP contribution in [-0.4, -0.2) is 49.3 Å². The number of esters is 1. The van der Waals surface area contributed by atoms with Crippen LogP contribution in [0.25, 0.3) is 0 Å². The van der Waals surface area contributed by atoms with Crippen LogP contribution in [0, 0.1) is 11.8 Å². The number of carbonyl (C=O) groups is 1. The fourth-order valence-corrected chi connectivity index (χ4v) is 2.13. The molecule has 1 fully saturated rings. The molecule has 1 aliphatic heterocycles. The van der Waals surface area contributed by atoms with Crippen LogP contribution in [0.15, 0.2) is 0 Å². The summed E-state index contributed by atoms with van der Waals surface area (Å²) in [5.41, 5.74) is 0. The average Bonchev–Trinajstić information content (AvgIpc) is 2.28. The lowest BCUT2D eigenvalue weighted by Gasteiger charge is -2.32. The number of aliphatic hydroxyl groups is 1. The third-order valence-corrected chi connectivity index (χ3v) is 3.00. The first-order valence-corrected chi connectivity index (χ1v) is 5.58. The Hall–Kier alpha value is -0.610. The zero-order valence-electron chi connectivity index (χ0n) is 9.61. The highest BCUT2D eigenvalue weighted by Crippen LogP contribution is 2.17. The van der Waals surface area contributed by atoms with E-state index in [4.69, 9.17) is 9.84 Å². The molecule has 0 spiro atoms. The average molecular weight is 215 g/mol. The van der Waals surface area contributed by atoms with Crippen molar-refractivity contribution in [2.75, 3.05) is 33.4 Å². The fraction of sp³-hybridized carbons (Fsp3) is 0.909. The Kier molecular flexibility index (Phi) is 5.05. The van der Waals surface area contributed by atoms with E-state index in [9.17, 15) is 4.79 Å². The molecule has 1 N–H and O–H groups in total. The van der Waals surface area contributed by atoms with Crippen molar-refractivity contribution in [3.63, 3.8) is 0 Å². The van der Waals surface area contributed by atoms with Crippen LogP contribution in [0.5, 0.6) is 0 Å². The molecule has 2 unspecified atom stereocenters. The number of ether oxygens (including phenoxy) is 1. The number of nitrogens with zero attached hydrogens (tertiary/aromatic N) is 1. The van der Waals surface area contributed by atoms with Crippen LogP contribution in [0.3, 0.4) is 0 Å².